The van der Waals surface area contributed by atoms with Crippen molar-refractivity contribution in [2.45, 2.75) is 50.6 Å². The SMILES string of the molecule is CC(CC(=O)N(C)C)NC1(CO)CCCC1. The lowest BCUT2D eigenvalue weighted by molar-refractivity contribution is -0.129. The van der Waals surface area contributed by atoms with Crippen LogP contribution >= 0.6 is 0 Å². The summed E-state index contributed by atoms with van der Waals surface area (Å²) in [5.41, 5.74) is -0.133. The first-order valence-electron chi connectivity index (χ1n) is 6.08. The average Bonchev–Trinajstić information content (AvgIpc) is 2.66. The molecule has 1 aliphatic carbocycles. The van der Waals surface area contributed by atoms with Crippen molar-refractivity contribution in [1.82, 2.24) is 10.2 Å². The smallest absolute Gasteiger partial charge is 0.223 e. The van der Waals surface area contributed by atoms with Crippen molar-refractivity contribution in [3.63, 3.8) is 0 Å². The fourth-order valence-electron chi connectivity index (χ4n) is 2.42. The van der Waals surface area contributed by atoms with Crippen LogP contribution in [0.15, 0.2) is 0 Å². The number of hydrogen-bond donors (Lipinski definition) is 2. The number of aliphatic hydroxyl groups is 1. The van der Waals surface area contributed by atoms with Crippen molar-refractivity contribution in [1.29, 1.82) is 0 Å². The normalized spacial score (nSPS) is 20.8. The highest BCUT2D eigenvalue weighted by Crippen LogP contribution is 2.29. The minimum absolute atomic E-state index is 0.125. The van der Waals surface area contributed by atoms with E-state index < -0.39 is 0 Å². The number of amides is 1. The van der Waals surface area contributed by atoms with Gasteiger partial charge in [-0.15, -0.1) is 0 Å². The Balaban J connectivity index is 2.43. The summed E-state index contributed by atoms with van der Waals surface area (Å²) in [6.45, 7) is 2.19. The van der Waals surface area contributed by atoms with E-state index in [2.05, 4.69) is 5.32 Å². The minimum Gasteiger partial charge on any atom is -0.394 e. The molecule has 1 unspecified atom stereocenters. The van der Waals surface area contributed by atoms with Crippen molar-refractivity contribution in [3.8, 4) is 0 Å². The minimum atomic E-state index is -0.133. The molecule has 0 spiro atoms. The van der Waals surface area contributed by atoms with E-state index in [1.807, 2.05) is 6.92 Å². The van der Waals surface area contributed by atoms with Crippen LogP contribution < -0.4 is 5.32 Å². The van der Waals surface area contributed by atoms with Gasteiger partial charge in [0.15, 0.2) is 0 Å². The molecule has 4 nitrogen and oxygen atoms in total. The first-order chi connectivity index (χ1) is 7.49. The number of nitrogens with zero attached hydrogens (tertiary/aromatic N) is 1. The number of rotatable bonds is 5. The van der Waals surface area contributed by atoms with Gasteiger partial charge in [0.05, 0.1) is 6.61 Å². The molecule has 0 radical (unpaired) electrons. The Kier molecular flexibility index (Phi) is 4.74. The lowest BCUT2D eigenvalue weighted by Gasteiger charge is -2.32. The monoisotopic (exact) mass is 228 g/mol. The number of carbonyl (C=O) groups is 1. The van der Waals surface area contributed by atoms with Crippen molar-refractivity contribution < 1.29 is 9.90 Å². The average molecular weight is 228 g/mol. The van der Waals surface area contributed by atoms with E-state index in [4.69, 9.17) is 0 Å². The van der Waals surface area contributed by atoms with Crippen molar-refractivity contribution in [2.24, 2.45) is 0 Å². The summed E-state index contributed by atoms with van der Waals surface area (Å²) < 4.78 is 0. The summed E-state index contributed by atoms with van der Waals surface area (Å²) >= 11 is 0. The molecule has 16 heavy (non-hydrogen) atoms. The summed E-state index contributed by atoms with van der Waals surface area (Å²) in [7, 11) is 3.54. The Hall–Kier alpha value is -0.610. The van der Waals surface area contributed by atoms with Crippen LogP contribution in [0.2, 0.25) is 0 Å². The zero-order valence-corrected chi connectivity index (χ0v) is 10.6. The van der Waals surface area contributed by atoms with Crippen LogP contribution in [0.4, 0.5) is 0 Å². The second-order valence-corrected chi connectivity index (χ2v) is 5.18. The summed E-state index contributed by atoms with van der Waals surface area (Å²) in [5.74, 6) is 0.131. The molecular formula is C12H24N2O2. The maximum absolute atomic E-state index is 11.5. The van der Waals surface area contributed by atoms with Crippen LogP contribution in [0.3, 0.4) is 0 Å². The third kappa shape index (κ3) is 3.46. The molecule has 0 aromatic carbocycles. The molecule has 0 bridgehead atoms. The molecule has 94 valence electrons. The molecule has 1 saturated carbocycles. The molecular weight excluding hydrogens is 204 g/mol. The lowest BCUT2D eigenvalue weighted by atomic mass is 9.97. The maximum atomic E-state index is 11.5. The summed E-state index contributed by atoms with van der Waals surface area (Å²) in [6, 6.07) is 0.125. The van der Waals surface area contributed by atoms with Gasteiger partial charge in [0.1, 0.15) is 0 Å². The van der Waals surface area contributed by atoms with Gasteiger partial charge in [0.2, 0.25) is 5.91 Å². The molecule has 0 aromatic heterocycles. The van der Waals surface area contributed by atoms with Crippen molar-refractivity contribution in [3.05, 3.63) is 0 Å². The first kappa shape index (κ1) is 13.5. The predicted molar refractivity (Wildman–Crippen MR) is 64.2 cm³/mol. The van der Waals surface area contributed by atoms with Crippen LogP contribution in [0.5, 0.6) is 0 Å². The fourth-order valence-corrected chi connectivity index (χ4v) is 2.42. The standard InChI is InChI=1S/C12H24N2O2/c1-10(8-11(16)14(2)3)13-12(9-15)6-4-5-7-12/h10,13,15H,4-9H2,1-3H3. The number of hydrogen-bond acceptors (Lipinski definition) is 3. The molecule has 0 saturated heterocycles. The molecule has 0 aliphatic heterocycles. The number of carbonyl (C=O) groups excluding carboxylic acids is 1. The molecule has 0 heterocycles. The quantitative estimate of drug-likeness (QED) is 0.730. The van der Waals surface area contributed by atoms with E-state index >= 15 is 0 Å². The highest BCUT2D eigenvalue weighted by Gasteiger charge is 2.34. The van der Waals surface area contributed by atoms with Gasteiger partial charge in [0, 0.05) is 32.1 Å². The third-order valence-corrected chi connectivity index (χ3v) is 3.40. The zero-order valence-electron chi connectivity index (χ0n) is 10.6. The van der Waals surface area contributed by atoms with E-state index in [0.29, 0.717) is 6.42 Å². The van der Waals surface area contributed by atoms with Crippen LogP contribution in [-0.4, -0.2) is 48.2 Å². The van der Waals surface area contributed by atoms with Crippen LogP contribution in [0, 0.1) is 0 Å². The first-order valence-corrected chi connectivity index (χ1v) is 6.08. The Labute approximate surface area is 98.0 Å². The van der Waals surface area contributed by atoms with Crippen LogP contribution in [-0.2, 0) is 4.79 Å². The Morgan fingerprint density at radius 1 is 1.44 bits per heavy atom. The second-order valence-electron chi connectivity index (χ2n) is 5.18. The third-order valence-electron chi connectivity index (χ3n) is 3.40. The molecule has 1 amide bonds. The molecule has 2 N–H and O–H groups in total. The van der Waals surface area contributed by atoms with E-state index in [1.54, 1.807) is 19.0 Å². The van der Waals surface area contributed by atoms with E-state index in [-0.39, 0.29) is 24.1 Å². The van der Waals surface area contributed by atoms with Gasteiger partial charge in [-0.3, -0.25) is 4.79 Å². The van der Waals surface area contributed by atoms with Crippen molar-refractivity contribution >= 4 is 5.91 Å². The predicted octanol–water partition coefficient (Wildman–Crippen LogP) is 0.748. The highest BCUT2D eigenvalue weighted by atomic mass is 16.3. The van der Waals surface area contributed by atoms with E-state index in [0.717, 1.165) is 12.8 Å². The molecule has 1 rings (SSSR count). The van der Waals surface area contributed by atoms with Gasteiger partial charge in [0.25, 0.3) is 0 Å². The highest BCUT2D eigenvalue weighted by molar-refractivity contribution is 5.76. The fraction of sp³-hybridized carbons (Fsp3) is 0.917. The van der Waals surface area contributed by atoms with Crippen LogP contribution in [0.1, 0.15) is 39.0 Å². The largest absolute Gasteiger partial charge is 0.394 e. The molecule has 1 aliphatic rings. The van der Waals surface area contributed by atoms with E-state index in [1.165, 1.54) is 12.8 Å². The Bertz CT molecular complexity index is 235. The molecule has 1 atom stereocenters. The molecule has 1 fully saturated rings. The summed E-state index contributed by atoms with van der Waals surface area (Å²) in [4.78, 5) is 13.2. The molecule has 0 aromatic rings. The van der Waals surface area contributed by atoms with Gasteiger partial charge in [-0.1, -0.05) is 12.8 Å². The van der Waals surface area contributed by atoms with Gasteiger partial charge >= 0.3 is 0 Å². The maximum Gasteiger partial charge on any atom is 0.223 e. The zero-order chi connectivity index (χ0) is 12.2. The van der Waals surface area contributed by atoms with Gasteiger partial charge in [-0.25, -0.2) is 0 Å². The number of nitrogens with one attached hydrogen (secondary N) is 1. The lowest BCUT2D eigenvalue weighted by Crippen LogP contribution is -2.51. The van der Waals surface area contributed by atoms with E-state index in [9.17, 15) is 9.90 Å². The summed E-state index contributed by atoms with van der Waals surface area (Å²) in [5, 5.41) is 12.9. The van der Waals surface area contributed by atoms with Gasteiger partial charge in [-0.2, -0.15) is 0 Å². The number of aliphatic hydroxyl groups excluding tert-OH is 1. The van der Waals surface area contributed by atoms with Crippen LogP contribution in [0.25, 0.3) is 0 Å². The second kappa shape index (κ2) is 5.64. The summed E-state index contributed by atoms with van der Waals surface area (Å²) in [6.07, 6.45) is 4.87. The van der Waals surface area contributed by atoms with Gasteiger partial charge in [-0.05, 0) is 19.8 Å². The topological polar surface area (TPSA) is 52.6 Å². The molecule has 4 heteroatoms. The Morgan fingerprint density at radius 3 is 2.44 bits per heavy atom. The van der Waals surface area contributed by atoms with Gasteiger partial charge < -0.3 is 15.3 Å². The Morgan fingerprint density at radius 2 is 2.00 bits per heavy atom. The van der Waals surface area contributed by atoms with Crippen molar-refractivity contribution in [2.75, 3.05) is 20.7 Å².